The molecule has 0 saturated carbocycles. The molecule has 1 amide bonds. The maximum absolute atomic E-state index is 13.9. The summed E-state index contributed by atoms with van der Waals surface area (Å²) in [6.45, 7) is 3.69. The molecule has 2 fully saturated rings. The number of amides is 1. The van der Waals surface area contributed by atoms with Gasteiger partial charge in [0.05, 0.1) is 18.9 Å². The lowest BCUT2D eigenvalue weighted by Gasteiger charge is -2.22. The number of nitrogens with one attached hydrogen (secondary N) is 3. The van der Waals surface area contributed by atoms with Crippen molar-refractivity contribution in [2.24, 2.45) is 5.92 Å². The summed E-state index contributed by atoms with van der Waals surface area (Å²) in [7, 11) is 0. The molecule has 0 radical (unpaired) electrons. The van der Waals surface area contributed by atoms with Crippen molar-refractivity contribution in [2.45, 2.75) is 25.4 Å². The number of aromatic nitrogens is 3. The molecule has 0 unspecified atom stereocenters. The standard InChI is InChI=1S/C22H25FN6O3S.H2S/c23-14-1-2-16(17(9-14)32-15-5-8-31-11-15)28-19-18-21(27-12-26-19)33-22(29-18)20(30)25-10-13-3-6-24-7-4-13;/h1-2,9,12-13,15,24H,3-8,10-11H2,(H,25,30)(H,26,27,28);1H2/t15-;/m0./s1. The Morgan fingerprint density at radius 1 is 1.26 bits per heavy atom. The van der Waals surface area contributed by atoms with Gasteiger partial charge in [-0.25, -0.2) is 19.3 Å². The fourth-order valence-electron chi connectivity index (χ4n) is 3.95. The van der Waals surface area contributed by atoms with E-state index in [1.165, 1.54) is 29.8 Å². The van der Waals surface area contributed by atoms with E-state index < -0.39 is 5.82 Å². The minimum atomic E-state index is -0.399. The van der Waals surface area contributed by atoms with Crippen molar-refractivity contribution in [3.8, 4) is 5.75 Å². The first-order valence-corrected chi connectivity index (χ1v) is 11.9. The van der Waals surface area contributed by atoms with Gasteiger partial charge in [-0.05, 0) is 44.0 Å². The second kappa shape index (κ2) is 11.3. The summed E-state index contributed by atoms with van der Waals surface area (Å²) in [6, 6.07) is 4.27. The molecular weight excluding hydrogens is 479 g/mol. The Hall–Kier alpha value is -2.54. The van der Waals surface area contributed by atoms with Crippen molar-refractivity contribution in [2.75, 3.05) is 38.2 Å². The number of rotatable bonds is 7. The molecule has 12 heteroatoms. The number of piperidine rings is 1. The summed E-state index contributed by atoms with van der Waals surface area (Å²) >= 11 is 1.22. The molecule has 182 valence electrons. The number of thiazole rings is 1. The molecule has 2 aliphatic rings. The van der Waals surface area contributed by atoms with Crippen LogP contribution in [0.15, 0.2) is 24.5 Å². The van der Waals surface area contributed by atoms with Crippen LogP contribution in [0.1, 0.15) is 29.1 Å². The molecule has 0 bridgehead atoms. The Kier molecular flexibility index (Phi) is 8.14. The molecule has 5 rings (SSSR count). The Morgan fingerprint density at radius 3 is 2.91 bits per heavy atom. The van der Waals surface area contributed by atoms with E-state index in [1.54, 1.807) is 6.07 Å². The summed E-state index contributed by atoms with van der Waals surface area (Å²) < 4.78 is 25.2. The number of ether oxygens (including phenoxy) is 2. The molecular formula is C22H27FN6O3S2. The Labute approximate surface area is 207 Å². The maximum Gasteiger partial charge on any atom is 0.280 e. The zero-order chi connectivity index (χ0) is 22.6. The summed E-state index contributed by atoms with van der Waals surface area (Å²) in [5, 5.41) is 9.83. The SMILES string of the molecule is O=C(NCC1CCNCC1)c1nc2c(Nc3ccc(F)cc3O[C@H]3CCOC3)ncnc2s1.S. The van der Waals surface area contributed by atoms with Gasteiger partial charge in [-0.3, -0.25) is 4.79 Å². The van der Waals surface area contributed by atoms with E-state index in [1.807, 2.05) is 0 Å². The van der Waals surface area contributed by atoms with Gasteiger partial charge in [0.2, 0.25) is 0 Å². The molecule has 2 saturated heterocycles. The van der Waals surface area contributed by atoms with Crippen LogP contribution >= 0.6 is 24.8 Å². The summed E-state index contributed by atoms with van der Waals surface area (Å²) in [5.74, 6) is 0.655. The van der Waals surface area contributed by atoms with Gasteiger partial charge in [0.1, 0.15) is 34.3 Å². The van der Waals surface area contributed by atoms with Crippen LogP contribution in [0.3, 0.4) is 0 Å². The van der Waals surface area contributed by atoms with Gasteiger partial charge in [0.25, 0.3) is 5.91 Å². The number of hydrogen-bond donors (Lipinski definition) is 3. The highest BCUT2D eigenvalue weighted by Crippen LogP contribution is 2.33. The third-order valence-electron chi connectivity index (χ3n) is 5.78. The van der Waals surface area contributed by atoms with Crippen LogP contribution in [0.25, 0.3) is 10.3 Å². The monoisotopic (exact) mass is 506 g/mol. The van der Waals surface area contributed by atoms with Gasteiger partial charge < -0.3 is 25.4 Å². The molecule has 9 nitrogen and oxygen atoms in total. The quantitative estimate of drug-likeness (QED) is 0.449. The van der Waals surface area contributed by atoms with Crippen molar-refractivity contribution in [3.05, 3.63) is 35.4 Å². The van der Waals surface area contributed by atoms with Crippen LogP contribution in [-0.2, 0) is 4.74 Å². The lowest BCUT2D eigenvalue weighted by atomic mass is 9.98. The highest BCUT2D eigenvalue weighted by atomic mass is 32.1. The van der Waals surface area contributed by atoms with Crippen LogP contribution in [0.5, 0.6) is 5.75 Å². The number of benzene rings is 1. The van der Waals surface area contributed by atoms with Gasteiger partial charge in [-0.15, -0.1) is 0 Å². The first-order valence-electron chi connectivity index (χ1n) is 11.1. The first-order chi connectivity index (χ1) is 16.2. The minimum Gasteiger partial charge on any atom is -0.486 e. The van der Waals surface area contributed by atoms with Crippen LogP contribution < -0.4 is 20.7 Å². The third-order valence-corrected chi connectivity index (χ3v) is 6.74. The fraction of sp³-hybridized carbons (Fsp3) is 0.455. The van der Waals surface area contributed by atoms with Gasteiger partial charge in [0.15, 0.2) is 10.8 Å². The average molecular weight is 507 g/mol. The maximum atomic E-state index is 13.9. The van der Waals surface area contributed by atoms with E-state index in [2.05, 4.69) is 30.9 Å². The molecule has 2 aliphatic heterocycles. The second-order valence-corrected chi connectivity index (χ2v) is 9.14. The van der Waals surface area contributed by atoms with E-state index in [9.17, 15) is 9.18 Å². The van der Waals surface area contributed by atoms with Crippen molar-refractivity contribution >= 4 is 52.6 Å². The molecule has 0 spiro atoms. The zero-order valence-corrected chi connectivity index (χ0v) is 20.3. The molecule has 0 aliphatic carbocycles. The molecule has 3 N–H and O–H groups in total. The van der Waals surface area contributed by atoms with Crippen LogP contribution in [0.2, 0.25) is 0 Å². The number of hydrogen-bond acceptors (Lipinski definition) is 9. The normalized spacial score (nSPS) is 18.4. The number of anilines is 2. The summed E-state index contributed by atoms with van der Waals surface area (Å²) in [6.07, 6.45) is 4.13. The van der Waals surface area contributed by atoms with Crippen LogP contribution in [-0.4, -0.2) is 59.8 Å². The first kappa shape index (κ1) is 24.6. The molecule has 4 heterocycles. The number of carbonyl (C=O) groups excluding carboxylic acids is 1. The van der Waals surface area contributed by atoms with Gasteiger partial charge in [-0.2, -0.15) is 13.5 Å². The fourth-order valence-corrected chi connectivity index (χ4v) is 4.77. The number of halogens is 1. The molecule has 1 atom stereocenters. The van der Waals surface area contributed by atoms with Crippen molar-refractivity contribution in [3.63, 3.8) is 0 Å². The molecule has 34 heavy (non-hydrogen) atoms. The van der Waals surface area contributed by atoms with Crippen molar-refractivity contribution < 1.29 is 18.7 Å². The zero-order valence-electron chi connectivity index (χ0n) is 18.5. The lowest BCUT2D eigenvalue weighted by Crippen LogP contribution is -2.35. The smallest absolute Gasteiger partial charge is 0.280 e. The summed E-state index contributed by atoms with van der Waals surface area (Å²) in [4.78, 5) is 26.3. The molecule has 2 aromatic heterocycles. The van der Waals surface area contributed by atoms with Crippen LogP contribution in [0.4, 0.5) is 15.9 Å². The van der Waals surface area contributed by atoms with Gasteiger partial charge >= 0.3 is 0 Å². The Morgan fingerprint density at radius 2 is 2.12 bits per heavy atom. The van der Waals surface area contributed by atoms with Crippen molar-refractivity contribution in [1.82, 2.24) is 25.6 Å². The van der Waals surface area contributed by atoms with E-state index >= 15 is 0 Å². The Bertz CT molecular complexity index is 1140. The highest BCUT2D eigenvalue weighted by molar-refractivity contribution is 7.59. The van der Waals surface area contributed by atoms with E-state index in [0.717, 1.165) is 32.4 Å². The second-order valence-electron chi connectivity index (χ2n) is 8.17. The highest BCUT2D eigenvalue weighted by Gasteiger charge is 2.21. The third kappa shape index (κ3) is 5.74. The predicted octanol–water partition coefficient (Wildman–Crippen LogP) is 2.98. The topological polar surface area (TPSA) is 110 Å². The van der Waals surface area contributed by atoms with E-state index in [4.69, 9.17) is 9.47 Å². The number of fused-ring (bicyclic) bond motifs is 1. The molecule has 3 aromatic rings. The number of nitrogens with zero attached hydrogens (tertiary/aromatic N) is 3. The van der Waals surface area contributed by atoms with Gasteiger partial charge in [-0.1, -0.05) is 11.3 Å². The largest absolute Gasteiger partial charge is 0.486 e. The molecule has 1 aromatic carbocycles. The Balaban J connectivity index is 0.00000274. The predicted molar refractivity (Wildman–Crippen MR) is 133 cm³/mol. The van der Waals surface area contributed by atoms with E-state index in [0.29, 0.717) is 58.3 Å². The minimum absolute atomic E-state index is 0. The van der Waals surface area contributed by atoms with Gasteiger partial charge in [0, 0.05) is 19.0 Å². The van der Waals surface area contributed by atoms with Crippen LogP contribution in [0, 0.1) is 11.7 Å². The van der Waals surface area contributed by atoms with E-state index in [-0.39, 0.29) is 25.5 Å². The lowest BCUT2D eigenvalue weighted by molar-refractivity contribution is 0.0944. The van der Waals surface area contributed by atoms with Crippen molar-refractivity contribution in [1.29, 1.82) is 0 Å². The average Bonchev–Trinajstić information content (AvgIpc) is 3.50. The number of carbonyl (C=O) groups is 1. The summed E-state index contributed by atoms with van der Waals surface area (Å²) in [5.41, 5.74) is 1.03.